The summed E-state index contributed by atoms with van der Waals surface area (Å²) in [6, 6.07) is 5.81. The van der Waals surface area contributed by atoms with Crippen LogP contribution in [0.3, 0.4) is 0 Å². The molecule has 2 rings (SSSR count). The number of amides is 1. The van der Waals surface area contributed by atoms with Gasteiger partial charge in [0.1, 0.15) is 5.82 Å². The fourth-order valence-electron chi connectivity index (χ4n) is 1.95. The van der Waals surface area contributed by atoms with E-state index in [1.54, 1.807) is 17.0 Å². The largest absolute Gasteiger partial charge is 0.369 e. The second-order valence-corrected chi connectivity index (χ2v) is 4.87. The van der Waals surface area contributed by atoms with Crippen LogP contribution >= 0.6 is 0 Å². The van der Waals surface area contributed by atoms with E-state index < -0.39 is 0 Å². The van der Waals surface area contributed by atoms with Crippen molar-refractivity contribution in [2.45, 2.75) is 38.6 Å². The molecule has 106 valence electrons. The van der Waals surface area contributed by atoms with Crippen molar-refractivity contribution in [1.82, 2.24) is 15.1 Å². The van der Waals surface area contributed by atoms with E-state index >= 15 is 0 Å². The van der Waals surface area contributed by atoms with Gasteiger partial charge in [-0.25, -0.2) is 0 Å². The molecule has 0 unspecified atom stereocenters. The van der Waals surface area contributed by atoms with Gasteiger partial charge in [-0.05, 0) is 31.4 Å². The summed E-state index contributed by atoms with van der Waals surface area (Å²) in [5.74, 6) is 0.552. The van der Waals surface area contributed by atoms with Gasteiger partial charge < -0.3 is 10.2 Å². The molecule has 1 heterocycles. The molecule has 0 spiro atoms. The van der Waals surface area contributed by atoms with Crippen molar-refractivity contribution in [3.05, 3.63) is 17.8 Å². The highest BCUT2D eigenvalue weighted by Gasteiger charge is 2.33. The molecule has 1 aliphatic carbocycles. The molecule has 1 saturated carbocycles. The number of carbonyl (C=O) groups excluding carboxylic acids is 1. The Morgan fingerprint density at radius 2 is 2.30 bits per heavy atom. The van der Waals surface area contributed by atoms with E-state index in [4.69, 9.17) is 5.26 Å². The number of aromatic nitrogens is 2. The Hall–Kier alpha value is -2.16. The number of nitrogens with zero attached hydrogens (tertiary/aromatic N) is 4. The van der Waals surface area contributed by atoms with E-state index in [9.17, 15) is 4.79 Å². The van der Waals surface area contributed by atoms with Gasteiger partial charge in [0.05, 0.1) is 12.5 Å². The summed E-state index contributed by atoms with van der Waals surface area (Å²) in [5, 5.41) is 19.8. The Labute approximate surface area is 118 Å². The molecule has 1 aromatic heterocycles. The van der Waals surface area contributed by atoms with Crippen LogP contribution in [0, 0.1) is 11.3 Å². The number of nitrogens with one attached hydrogen (secondary N) is 1. The summed E-state index contributed by atoms with van der Waals surface area (Å²) in [7, 11) is 0. The van der Waals surface area contributed by atoms with Crippen LogP contribution in [0.2, 0.25) is 0 Å². The van der Waals surface area contributed by atoms with Gasteiger partial charge in [-0.2, -0.15) is 5.26 Å². The smallest absolute Gasteiger partial charge is 0.274 e. The molecule has 6 heteroatoms. The molecule has 20 heavy (non-hydrogen) atoms. The molecule has 6 nitrogen and oxygen atoms in total. The highest BCUT2D eigenvalue weighted by molar-refractivity contribution is 5.92. The van der Waals surface area contributed by atoms with Gasteiger partial charge in [0.15, 0.2) is 5.69 Å². The maximum Gasteiger partial charge on any atom is 0.274 e. The van der Waals surface area contributed by atoms with Crippen molar-refractivity contribution in [3.8, 4) is 6.07 Å². The van der Waals surface area contributed by atoms with Crippen LogP contribution in [0.5, 0.6) is 0 Å². The SMILES string of the molecule is CCCNc1ccc(C(=O)N(CCC#N)C2CC2)nn1. The average molecular weight is 273 g/mol. The highest BCUT2D eigenvalue weighted by Crippen LogP contribution is 2.28. The minimum Gasteiger partial charge on any atom is -0.369 e. The summed E-state index contributed by atoms with van der Waals surface area (Å²) in [6.45, 7) is 3.37. The first-order chi connectivity index (χ1) is 9.76. The molecule has 1 aliphatic rings. The number of hydrogen-bond acceptors (Lipinski definition) is 5. The van der Waals surface area contributed by atoms with E-state index in [2.05, 4.69) is 28.5 Å². The molecule has 0 aromatic carbocycles. The van der Waals surface area contributed by atoms with E-state index in [-0.39, 0.29) is 11.9 Å². The van der Waals surface area contributed by atoms with Crippen LogP contribution in [-0.4, -0.2) is 40.1 Å². The van der Waals surface area contributed by atoms with Gasteiger partial charge in [0, 0.05) is 19.1 Å². The van der Waals surface area contributed by atoms with Crippen LogP contribution in [0.25, 0.3) is 0 Å². The van der Waals surface area contributed by atoms with E-state index in [1.807, 2.05) is 0 Å². The number of nitriles is 1. The predicted molar refractivity (Wildman–Crippen MR) is 75.1 cm³/mol. The van der Waals surface area contributed by atoms with Crippen molar-refractivity contribution in [2.24, 2.45) is 0 Å². The maximum atomic E-state index is 12.4. The molecular weight excluding hydrogens is 254 g/mol. The standard InChI is InChI=1S/C14H19N5O/c1-2-9-16-13-7-6-12(17-18-13)14(20)19(10-3-8-15)11-4-5-11/h6-7,11H,2-5,9-10H2,1H3,(H,16,18). The first-order valence-electron chi connectivity index (χ1n) is 7.01. The molecule has 1 N–H and O–H groups in total. The Balaban J connectivity index is 2.01. The van der Waals surface area contributed by atoms with Gasteiger partial charge >= 0.3 is 0 Å². The molecule has 1 aromatic rings. The molecule has 0 saturated heterocycles. The second kappa shape index (κ2) is 6.85. The second-order valence-electron chi connectivity index (χ2n) is 4.87. The first kappa shape index (κ1) is 14.3. The van der Waals surface area contributed by atoms with Gasteiger partial charge in [0.2, 0.25) is 0 Å². The number of carbonyl (C=O) groups is 1. The fraction of sp³-hybridized carbons (Fsp3) is 0.571. The first-order valence-corrected chi connectivity index (χ1v) is 7.01. The Kier molecular flexibility index (Phi) is 4.88. The summed E-state index contributed by atoms with van der Waals surface area (Å²) in [5.41, 5.74) is 0.344. The summed E-state index contributed by atoms with van der Waals surface area (Å²) in [6.07, 6.45) is 3.39. The van der Waals surface area contributed by atoms with Gasteiger partial charge in [0.25, 0.3) is 5.91 Å². The zero-order valence-electron chi connectivity index (χ0n) is 11.7. The lowest BCUT2D eigenvalue weighted by atomic mass is 10.3. The van der Waals surface area contributed by atoms with Crippen LogP contribution in [0.15, 0.2) is 12.1 Å². The van der Waals surface area contributed by atoms with Crippen LogP contribution < -0.4 is 5.32 Å². The van der Waals surface area contributed by atoms with E-state index in [0.717, 1.165) is 25.8 Å². The average Bonchev–Trinajstić information content (AvgIpc) is 3.30. The normalized spacial score (nSPS) is 13.6. The van der Waals surface area contributed by atoms with Crippen molar-refractivity contribution in [3.63, 3.8) is 0 Å². The zero-order valence-corrected chi connectivity index (χ0v) is 11.7. The van der Waals surface area contributed by atoms with Crippen molar-refractivity contribution < 1.29 is 4.79 Å². The maximum absolute atomic E-state index is 12.4. The lowest BCUT2D eigenvalue weighted by Crippen LogP contribution is -2.34. The molecule has 0 aliphatic heterocycles. The minimum absolute atomic E-state index is 0.128. The third kappa shape index (κ3) is 3.67. The van der Waals surface area contributed by atoms with Crippen molar-refractivity contribution >= 4 is 11.7 Å². The number of rotatable bonds is 7. The molecule has 0 atom stereocenters. The summed E-state index contributed by atoms with van der Waals surface area (Å²) in [4.78, 5) is 14.1. The Bertz CT molecular complexity index is 489. The van der Waals surface area contributed by atoms with Gasteiger partial charge in [-0.15, -0.1) is 10.2 Å². The van der Waals surface area contributed by atoms with Crippen molar-refractivity contribution in [2.75, 3.05) is 18.4 Å². The summed E-state index contributed by atoms with van der Waals surface area (Å²) < 4.78 is 0. The van der Waals surface area contributed by atoms with Gasteiger partial charge in [-0.3, -0.25) is 4.79 Å². The monoisotopic (exact) mass is 273 g/mol. The Morgan fingerprint density at radius 3 is 2.85 bits per heavy atom. The molecular formula is C14H19N5O. The van der Waals surface area contributed by atoms with E-state index in [0.29, 0.717) is 24.5 Å². The zero-order chi connectivity index (χ0) is 14.4. The minimum atomic E-state index is -0.128. The van der Waals surface area contributed by atoms with E-state index in [1.165, 1.54) is 0 Å². The topological polar surface area (TPSA) is 81.9 Å². The molecule has 1 amide bonds. The van der Waals surface area contributed by atoms with Gasteiger partial charge in [-0.1, -0.05) is 6.92 Å². The predicted octanol–water partition coefficient (Wildman–Crippen LogP) is 1.82. The van der Waals surface area contributed by atoms with Crippen LogP contribution in [0.1, 0.15) is 43.1 Å². The molecule has 0 radical (unpaired) electrons. The van der Waals surface area contributed by atoms with Crippen molar-refractivity contribution in [1.29, 1.82) is 5.26 Å². The number of hydrogen-bond donors (Lipinski definition) is 1. The fourth-order valence-corrected chi connectivity index (χ4v) is 1.95. The summed E-state index contributed by atoms with van der Waals surface area (Å²) >= 11 is 0. The van der Waals surface area contributed by atoms with Crippen LogP contribution in [-0.2, 0) is 0 Å². The number of anilines is 1. The third-order valence-corrected chi connectivity index (χ3v) is 3.15. The Morgan fingerprint density at radius 1 is 1.50 bits per heavy atom. The molecule has 0 bridgehead atoms. The quantitative estimate of drug-likeness (QED) is 0.819. The third-order valence-electron chi connectivity index (χ3n) is 3.15. The lowest BCUT2D eigenvalue weighted by molar-refractivity contribution is 0.0739. The lowest BCUT2D eigenvalue weighted by Gasteiger charge is -2.20. The van der Waals surface area contributed by atoms with Crippen LogP contribution in [0.4, 0.5) is 5.82 Å². The molecule has 1 fully saturated rings. The highest BCUT2D eigenvalue weighted by atomic mass is 16.2.